The number of hydrogen-bond donors (Lipinski definition) is 4. The fourth-order valence-corrected chi connectivity index (χ4v) is 6.20. The molecule has 0 radical (unpaired) electrons. The molecule has 0 saturated carbocycles. The zero-order chi connectivity index (χ0) is 23.2. The molecule has 0 heterocycles. The summed E-state index contributed by atoms with van der Waals surface area (Å²) in [7, 11) is 0. The summed E-state index contributed by atoms with van der Waals surface area (Å²) in [5, 5.41) is 50.6. The first-order valence-electron chi connectivity index (χ1n) is 10.7. The zero-order valence-electron chi connectivity index (χ0n) is 17.2. The van der Waals surface area contributed by atoms with Gasteiger partial charge < -0.3 is 20.4 Å². The molecule has 0 aliphatic heterocycles. The third-order valence-electron chi connectivity index (χ3n) is 7.46. The lowest BCUT2D eigenvalue weighted by Crippen LogP contribution is -2.07. The Bertz CT molecular complexity index is 2140. The van der Waals surface area contributed by atoms with E-state index in [-0.39, 0.29) is 22.3 Å². The highest BCUT2D eigenvalue weighted by Crippen LogP contribution is 2.54. The highest BCUT2D eigenvalue weighted by Gasteiger charge is 2.29. The smallest absolute Gasteiger partial charge is 0.231 e. The first-order chi connectivity index (χ1) is 16.4. The van der Waals surface area contributed by atoms with Crippen LogP contribution in [-0.4, -0.2) is 20.4 Å². The van der Waals surface area contributed by atoms with E-state index in [1.165, 1.54) is 12.1 Å². The molecule has 0 amide bonds. The molecule has 0 saturated heterocycles. The number of phenols is 4. The van der Waals surface area contributed by atoms with E-state index >= 15 is 0 Å². The van der Waals surface area contributed by atoms with Gasteiger partial charge in [0.15, 0.2) is 11.5 Å². The van der Waals surface area contributed by atoms with Crippen molar-refractivity contribution in [2.75, 3.05) is 0 Å². The molecule has 0 aliphatic carbocycles. The van der Waals surface area contributed by atoms with Crippen molar-refractivity contribution in [2.24, 2.45) is 0 Å². The van der Waals surface area contributed by atoms with E-state index in [1.807, 2.05) is 12.1 Å². The van der Waals surface area contributed by atoms with Crippen LogP contribution >= 0.6 is 0 Å². The summed E-state index contributed by atoms with van der Waals surface area (Å²) in [6.07, 6.45) is 0. The molecule has 0 aliphatic rings. The van der Waals surface area contributed by atoms with E-state index in [0.717, 1.165) is 21.5 Å². The van der Waals surface area contributed by atoms with E-state index in [0.29, 0.717) is 43.1 Å². The summed E-state index contributed by atoms with van der Waals surface area (Å²) in [6.45, 7) is 0. The standard InChI is InChI=1S/C28H12O6/c29-15-7-13-14-8-16(30)28(34)24-20(14)22-18-10(4-2-6-12(18)26(24)32)9-3-1-5-11-17(9)21(22)19(13)23(25(11)31)27(15)33/h1-8,29-32H. The second-order valence-electron chi connectivity index (χ2n) is 8.95. The first-order valence-corrected chi connectivity index (χ1v) is 10.7. The van der Waals surface area contributed by atoms with Gasteiger partial charge in [-0.2, -0.15) is 0 Å². The van der Waals surface area contributed by atoms with Gasteiger partial charge in [0, 0.05) is 43.1 Å². The molecule has 8 aromatic rings. The van der Waals surface area contributed by atoms with Crippen molar-refractivity contribution in [1.29, 1.82) is 0 Å². The van der Waals surface area contributed by atoms with Gasteiger partial charge in [0.05, 0.1) is 10.8 Å². The summed E-state index contributed by atoms with van der Waals surface area (Å²) >= 11 is 0. The Morgan fingerprint density at radius 1 is 0.412 bits per heavy atom. The van der Waals surface area contributed by atoms with Crippen LogP contribution in [0.1, 0.15) is 0 Å². The minimum absolute atomic E-state index is 0.0141. The van der Waals surface area contributed by atoms with Gasteiger partial charge >= 0.3 is 0 Å². The molecule has 4 N–H and O–H groups in total. The van der Waals surface area contributed by atoms with Crippen molar-refractivity contribution in [3.05, 3.63) is 69.0 Å². The molecule has 6 heteroatoms. The van der Waals surface area contributed by atoms with Crippen LogP contribution in [0.25, 0.3) is 75.4 Å². The maximum atomic E-state index is 13.1. The minimum Gasteiger partial charge on any atom is -0.507 e. The Balaban J connectivity index is 2.00. The van der Waals surface area contributed by atoms with Crippen LogP contribution in [0.5, 0.6) is 23.0 Å². The molecule has 0 fully saturated rings. The van der Waals surface area contributed by atoms with Crippen LogP contribution < -0.4 is 10.9 Å². The van der Waals surface area contributed by atoms with Gasteiger partial charge in [-0.3, -0.25) is 9.59 Å². The van der Waals surface area contributed by atoms with Gasteiger partial charge in [-0.1, -0.05) is 36.4 Å². The summed E-state index contributed by atoms with van der Waals surface area (Å²) in [6, 6.07) is 13.5. The average molecular weight is 444 g/mol. The third kappa shape index (κ3) is 1.62. The van der Waals surface area contributed by atoms with Crippen molar-refractivity contribution in [3.8, 4) is 23.0 Å². The van der Waals surface area contributed by atoms with Crippen LogP contribution in [0.2, 0.25) is 0 Å². The van der Waals surface area contributed by atoms with Crippen LogP contribution in [-0.2, 0) is 0 Å². The second kappa shape index (κ2) is 5.21. The summed E-state index contributed by atoms with van der Waals surface area (Å²) in [5.41, 5.74) is -1.39. The van der Waals surface area contributed by atoms with Gasteiger partial charge in [-0.05, 0) is 33.7 Å². The molecule has 6 nitrogen and oxygen atoms in total. The first kappa shape index (κ1) is 17.7. The molecule has 0 bridgehead atoms. The zero-order valence-corrected chi connectivity index (χ0v) is 17.2. The molecule has 0 aromatic heterocycles. The van der Waals surface area contributed by atoms with Crippen LogP contribution in [0.15, 0.2) is 58.1 Å². The molecule has 0 unspecified atom stereocenters. The third-order valence-corrected chi connectivity index (χ3v) is 7.46. The van der Waals surface area contributed by atoms with Gasteiger partial charge in [0.25, 0.3) is 0 Å². The molecule has 0 spiro atoms. The van der Waals surface area contributed by atoms with E-state index in [1.54, 1.807) is 24.3 Å². The van der Waals surface area contributed by atoms with Crippen molar-refractivity contribution < 1.29 is 20.4 Å². The molecule has 34 heavy (non-hydrogen) atoms. The molecule has 8 aromatic carbocycles. The quantitative estimate of drug-likeness (QED) is 0.192. The Kier molecular flexibility index (Phi) is 2.71. The summed E-state index contributed by atoms with van der Waals surface area (Å²) < 4.78 is 0. The summed E-state index contributed by atoms with van der Waals surface area (Å²) in [5.74, 6) is -1.55. The van der Waals surface area contributed by atoms with Gasteiger partial charge in [-0.15, -0.1) is 0 Å². The Hall–Kier alpha value is -4.84. The van der Waals surface area contributed by atoms with Crippen LogP contribution in [0.4, 0.5) is 0 Å². The highest BCUT2D eigenvalue weighted by molar-refractivity contribution is 6.50. The van der Waals surface area contributed by atoms with Crippen molar-refractivity contribution in [1.82, 2.24) is 0 Å². The minimum atomic E-state index is -0.696. The predicted molar refractivity (Wildman–Crippen MR) is 133 cm³/mol. The van der Waals surface area contributed by atoms with Crippen LogP contribution in [0, 0.1) is 0 Å². The van der Waals surface area contributed by atoms with E-state index in [2.05, 4.69) is 0 Å². The fourth-order valence-electron chi connectivity index (χ4n) is 6.20. The lowest BCUT2D eigenvalue weighted by atomic mass is 9.80. The number of hydrogen-bond acceptors (Lipinski definition) is 6. The SMILES string of the molecule is O=c1c(O)cc2c3cc(O)c(=O)c4c(O)c5cccc6c7cccc8c(O)c1c2c(c87)c(c56)c43. The van der Waals surface area contributed by atoms with Crippen LogP contribution in [0.3, 0.4) is 0 Å². The molecule has 8 rings (SSSR count). The van der Waals surface area contributed by atoms with Crippen molar-refractivity contribution in [2.45, 2.75) is 0 Å². The Morgan fingerprint density at radius 2 is 0.794 bits per heavy atom. The van der Waals surface area contributed by atoms with Crippen molar-refractivity contribution >= 4 is 75.4 Å². The fraction of sp³-hybridized carbons (Fsp3) is 0. The number of rotatable bonds is 0. The van der Waals surface area contributed by atoms with Gasteiger partial charge in [-0.25, -0.2) is 0 Å². The lowest BCUT2D eigenvalue weighted by Gasteiger charge is -2.23. The number of fused-ring (bicyclic) bond motifs is 2. The van der Waals surface area contributed by atoms with Gasteiger partial charge in [0.2, 0.25) is 10.9 Å². The Labute approximate surface area is 188 Å². The Morgan fingerprint density at radius 3 is 1.21 bits per heavy atom. The largest absolute Gasteiger partial charge is 0.507 e. The summed E-state index contributed by atoms with van der Waals surface area (Å²) in [4.78, 5) is 26.2. The number of phenolic OH excluding ortho intramolecular Hbond substituents is 4. The average Bonchev–Trinajstić information content (AvgIpc) is 2.83. The second-order valence-corrected chi connectivity index (χ2v) is 8.95. The molecule has 0 atom stereocenters. The van der Waals surface area contributed by atoms with E-state index < -0.39 is 22.4 Å². The number of aromatic hydroxyl groups is 4. The van der Waals surface area contributed by atoms with E-state index in [9.17, 15) is 30.0 Å². The molecular formula is C28H12O6. The highest BCUT2D eigenvalue weighted by atomic mass is 16.3. The van der Waals surface area contributed by atoms with E-state index in [4.69, 9.17) is 0 Å². The van der Waals surface area contributed by atoms with Crippen molar-refractivity contribution in [3.63, 3.8) is 0 Å². The number of benzene rings is 8. The topological polar surface area (TPSA) is 115 Å². The lowest BCUT2D eigenvalue weighted by molar-refractivity contribution is 0.468. The monoisotopic (exact) mass is 444 g/mol. The molecule has 160 valence electrons. The molecular weight excluding hydrogens is 432 g/mol. The van der Waals surface area contributed by atoms with Gasteiger partial charge in [0.1, 0.15) is 11.5 Å². The normalized spacial score (nSPS) is 12.8. The maximum absolute atomic E-state index is 13.1. The predicted octanol–water partition coefficient (Wildman–Crippen LogP) is 5.05. The maximum Gasteiger partial charge on any atom is 0.231 e.